The van der Waals surface area contributed by atoms with Crippen molar-refractivity contribution in [1.82, 2.24) is 9.88 Å². The number of rotatable bonds is 4. The highest BCUT2D eigenvalue weighted by Crippen LogP contribution is 2.31. The Labute approximate surface area is 184 Å². The molecule has 1 aromatic heterocycles. The van der Waals surface area contributed by atoms with Crippen molar-refractivity contribution in [3.05, 3.63) is 45.4 Å². The second-order valence-electron chi connectivity index (χ2n) is 7.69. The summed E-state index contributed by atoms with van der Waals surface area (Å²) in [5, 5.41) is 5.55. The lowest BCUT2D eigenvalue weighted by atomic mass is 9.90. The van der Waals surface area contributed by atoms with E-state index in [0.29, 0.717) is 30.9 Å². The first kappa shape index (κ1) is 21.1. The Balaban J connectivity index is 1.35. The van der Waals surface area contributed by atoms with Crippen LogP contribution in [0.3, 0.4) is 0 Å². The minimum atomic E-state index is -0.387. The van der Waals surface area contributed by atoms with Gasteiger partial charge in [-0.1, -0.05) is 5.92 Å². The molecule has 2 heterocycles. The third kappa shape index (κ3) is 4.78. The largest absolute Gasteiger partial charge is 0.436 e. The third-order valence-corrected chi connectivity index (χ3v) is 6.66. The van der Waals surface area contributed by atoms with Crippen LogP contribution in [0.4, 0.5) is 10.5 Å². The molecule has 0 unspecified atom stereocenters. The van der Waals surface area contributed by atoms with Crippen molar-refractivity contribution in [2.45, 2.75) is 38.0 Å². The maximum absolute atomic E-state index is 12.7. The Bertz CT molecular complexity index is 1050. The van der Waals surface area contributed by atoms with E-state index < -0.39 is 0 Å². The number of aryl methyl sites for hydroxylation is 1. The molecule has 1 N–H and O–H groups in total. The quantitative estimate of drug-likeness (QED) is 0.734. The van der Waals surface area contributed by atoms with Crippen LogP contribution in [0.25, 0.3) is 0 Å². The number of carbonyl (C=O) groups excluding carboxylic acids is 3. The molecule has 0 saturated carbocycles. The van der Waals surface area contributed by atoms with Gasteiger partial charge in [0.05, 0.1) is 5.01 Å². The molecule has 1 aromatic carbocycles. The fourth-order valence-electron chi connectivity index (χ4n) is 4.00. The van der Waals surface area contributed by atoms with Crippen molar-refractivity contribution in [2.75, 3.05) is 25.0 Å². The first-order chi connectivity index (χ1) is 15.0. The molecule has 2 amide bonds. The first-order valence-electron chi connectivity index (χ1n) is 10.3. The van der Waals surface area contributed by atoms with Gasteiger partial charge in [-0.2, -0.15) is 0 Å². The van der Waals surface area contributed by atoms with Gasteiger partial charge >= 0.3 is 6.09 Å². The second kappa shape index (κ2) is 9.31. The number of benzene rings is 1. The van der Waals surface area contributed by atoms with Gasteiger partial charge in [-0.3, -0.25) is 9.59 Å². The van der Waals surface area contributed by atoms with Crippen molar-refractivity contribution >= 4 is 34.8 Å². The van der Waals surface area contributed by atoms with Crippen LogP contribution in [0.5, 0.6) is 0 Å². The number of fused-ring (bicyclic) bond motifs is 1. The molecular weight excluding hydrogens is 414 g/mol. The molecule has 1 fully saturated rings. The minimum absolute atomic E-state index is 0.0236. The van der Waals surface area contributed by atoms with Crippen LogP contribution in [0, 0.1) is 12.3 Å². The van der Waals surface area contributed by atoms with E-state index in [-0.39, 0.29) is 30.3 Å². The Kier molecular flexibility index (Phi) is 6.33. The van der Waals surface area contributed by atoms with Crippen molar-refractivity contribution in [2.24, 2.45) is 0 Å². The number of nitrogens with zero attached hydrogens (tertiary/aromatic N) is 2. The number of anilines is 1. The summed E-state index contributed by atoms with van der Waals surface area (Å²) >= 11 is 1.46. The maximum atomic E-state index is 12.7. The summed E-state index contributed by atoms with van der Waals surface area (Å²) in [4.78, 5) is 42.7. The van der Waals surface area contributed by atoms with E-state index >= 15 is 0 Å². The summed E-state index contributed by atoms with van der Waals surface area (Å²) < 4.78 is 4.97. The van der Waals surface area contributed by atoms with E-state index in [1.807, 2.05) is 6.07 Å². The van der Waals surface area contributed by atoms with Gasteiger partial charge < -0.3 is 15.0 Å². The summed E-state index contributed by atoms with van der Waals surface area (Å²) in [5.41, 5.74) is 2.80. The number of carbonyl (C=O) groups is 3. The highest BCUT2D eigenvalue weighted by Gasteiger charge is 2.27. The number of piperidine rings is 1. The highest BCUT2D eigenvalue weighted by atomic mass is 32.1. The molecule has 2 aromatic rings. The van der Waals surface area contributed by atoms with Crippen LogP contribution in [-0.4, -0.2) is 47.4 Å². The number of hydrogen-bond donors (Lipinski definition) is 1. The van der Waals surface area contributed by atoms with Gasteiger partial charge in [0.15, 0.2) is 12.4 Å². The average Bonchev–Trinajstić information content (AvgIpc) is 3.28. The van der Waals surface area contributed by atoms with Gasteiger partial charge in [-0.25, -0.2) is 9.78 Å². The van der Waals surface area contributed by atoms with Gasteiger partial charge in [0.1, 0.15) is 5.69 Å². The maximum Gasteiger partial charge on any atom is 0.410 e. The molecule has 1 aliphatic heterocycles. The number of Topliss-reactive ketones (excluding diaryl/α,β-unsaturated/α-hetero) is 1. The molecule has 0 spiro atoms. The predicted molar refractivity (Wildman–Crippen MR) is 118 cm³/mol. The zero-order valence-electron chi connectivity index (χ0n) is 17.1. The number of hydrogen-bond acceptors (Lipinski definition) is 6. The Morgan fingerprint density at radius 1 is 1.29 bits per heavy atom. The summed E-state index contributed by atoms with van der Waals surface area (Å²) in [6.45, 7) is 1.12. The molecule has 0 atom stereocenters. The molecule has 0 bridgehead atoms. The monoisotopic (exact) mass is 437 g/mol. The highest BCUT2D eigenvalue weighted by molar-refractivity contribution is 7.10. The van der Waals surface area contributed by atoms with Gasteiger partial charge in [0.2, 0.25) is 0 Å². The number of thiazole rings is 1. The summed E-state index contributed by atoms with van der Waals surface area (Å²) in [5.74, 6) is 2.40. The van der Waals surface area contributed by atoms with Gasteiger partial charge in [0.25, 0.3) is 5.91 Å². The smallest absolute Gasteiger partial charge is 0.410 e. The summed E-state index contributed by atoms with van der Waals surface area (Å²) in [7, 11) is 0. The molecule has 8 heteroatoms. The average molecular weight is 438 g/mol. The van der Waals surface area contributed by atoms with Gasteiger partial charge in [-0.05, 0) is 49.4 Å². The van der Waals surface area contributed by atoms with Crippen LogP contribution < -0.4 is 5.32 Å². The lowest BCUT2D eigenvalue weighted by molar-refractivity contribution is 0.0970. The molecule has 31 heavy (non-hydrogen) atoms. The number of aromatic nitrogens is 1. The van der Waals surface area contributed by atoms with Gasteiger partial charge in [-0.15, -0.1) is 17.8 Å². The predicted octanol–water partition coefficient (Wildman–Crippen LogP) is 3.86. The molecule has 1 aliphatic carbocycles. The number of ether oxygens (including phenoxy) is 1. The van der Waals surface area contributed by atoms with E-state index in [0.717, 1.165) is 41.8 Å². The Hall–Kier alpha value is -3.18. The van der Waals surface area contributed by atoms with Crippen LogP contribution in [0.2, 0.25) is 0 Å². The normalized spacial score (nSPS) is 16.4. The van der Waals surface area contributed by atoms with E-state index in [2.05, 4.69) is 16.2 Å². The lowest BCUT2D eigenvalue weighted by Gasteiger charge is -2.30. The summed E-state index contributed by atoms with van der Waals surface area (Å²) in [6, 6.07) is 5.44. The standard InChI is InChI=1S/C23H23N3O4S/c1-2-12-30-23(29)26-10-8-15(9-11-26)22-25-19(14-31-22)21(28)24-17-6-7-18-16(13-17)4-3-5-20(18)27/h1,6-7,13-15H,3-5,8-12H2,(H,24,28). The summed E-state index contributed by atoms with van der Waals surface area (Å²) in [6.07, 6.45) is 8.54. The van der Waals surface area contributed by atoms with Crippen molar-refractivity contribution < 1.29 is 19.1 Å². The molecule has 7 nitrogen and oxygen atoms in total. The fourth-order valence-corrected chi connectivity index (χ4v) is 4.97. The molecular formula is C23H23N3O4S. The zero-order chi connectivity index (χ0) is 21.8. The lowest BCUT2D eigenvalue weighted by Crippen LogP contribution is -2.38. The second-order valence-corrected chi connectivity index (χ2v) is 8.58. The molecule has 160 valence electrons. The SMILES string of the molecule is C#CCOC(=O)N1CCC(c2nc(C(=O)Nc3ccc4c(c3)CCCC4=O)cs2)CC1. The van der Waals surface area contributed by atoms with E-state index in [9.17, 15) is 14.4 Å². The zero-order valence-corrected chi connectivity index (χ0v) is 17.9. The van der Waals surface area contributed by atoms with Crippen molar-refractivity contribution in [1.29, 1.82) is 0 Å². The van der Waals surface area contributed by atoms with Gasteiger partial charge in [0, 0.05) is 42.1 Å². The number of nitrogens with one attached hydrogen (secondary N) is 1. The Morgan fingerprint density at radius 3 is 2.87 bits per heavy atom. The third-order valence-electron chi connectivity index (χ3n) is 5.65. The topological polar surface area (TPSA) is 88.6 Å². The van der Waals surface area contributed by atoms with E-state index in [1.54, 1.807) is 22.4 Å². The first-order valence-corrected chi connectivity index (χ1v) is 11.2. The van der Waals surface area contributed by atoms with Crippen LogP contribution in [-0.2, 0) is 11.2 Å². The molecule has 1 saturated heterocycles. The minimum Gasteiger partial charge on any atom is -0.436 e. The number of amides is 2. The number of likely N-dealkylation sites (tertiary alicyclic amines) is 1. The van der Waals surface area contributed by atoms with Crippen molar-refractivity contribution in [3.63, 3.8) is 0 Å². The van der Waals surface area contributed by atoms with Crippen LogP contribution >= 0.6 is 11.3 Å². The van der Waals surface area contributed by atoms with Crippen LogP contribution in [0.1, 0.15) is 63.0 Å². The molecule has 2 aliphatic rings. The van der Waals surface area contributed by atoms with Crippen LogP contribution in [0.15, 0.2) is 23.6 Å². The molecule has 0 radical (unpaired) electrons. The molecule has 4 rings (SSSR count). The van der Waals surface area contributed by atoms with Crippen molar-refractivity contribution in [3.8, 4) is 12.3 Å². The number of terminal acetylenes is 1. The number of ketones is 1. The van der Waals surface area contributed by atoms with E-state index in [1.165, 1.54) is 11.3 Å². The fraction of sp³-hybridized carbons (Fsp3) is 0.391. The Morgan fingerprint density at radius 2 is 2.10 bits per heavy atom. The van der Waals surface area contributed by atoms with E-state index in [4.69, 9.17) is 11.2 Å².